The molecule has 2 aromatic rings. The van der Waals surface area contributed by atoms with Crippen LogP contribution in [0.3, 0.4) is 0 Å². The van der Waals surface area contributed by atoms with Crippen LogP contribution in [0.4, 0.5) is 5.69 Å². The summed E-state index contributed by atoms with van der Waals surface area (Å²) in [5, 5.41) is 0.564. The molecule has 0 N–H and O–H groups in total. The topological polar surface area (TPSA) is 57.7 Å². The number of piperidine rings is 1. The monoisotopic (exact) mass is 440 g/mol. The van der Waals surface area contributed by atoms with E-state index in [2.05, 4.69) is 6.92 Å². The molecule has 1 fully saturated rings. The fraction of sp³-hybridized carbons (Fsp3) is 0.350. The maximum absolute atomic E-state index is 13.3. The Bertz CT molecular complexity index is 951. The molecule has 0 bridgehead atoms. The second-order valence-electron chi connectivity index (χ2n) is 7.01. The standard InChI is InChI=1S/C20H22Cl2N2O3S/c1-15-6-5-11-23(13-15)20(25)14-24(19-10-9-16(21)12-18(19)22)28(26,27)17-7-3-2-4-8-17/h2-4,7-10,12,15H,5-6,11,13-14H2,1H3. The summed E-state index contributed by atoms with van der Waals surface area (Å²) in [6.07, 6.45) is 1.98. The number of halogens is 2. The molecule has 0 radical (unpaired) electrons. The third-order valence-electron chi connectivity index (χ3n) is 4.80. The molecule has 1 unspecified atom stereocenters. The Hall–Kier alpha value is -1.76. The largest absolute Gasteiger partial charge is 0.341 e. The highest BCUT2D eigenvalue weighted by Gasteiger charge is 2.31. The molecular weight excluding hydrogens is 419 g/mol. The smallest absolute Gasteiger partial charge is 0.264 e. The van der Waals surface area contributed by atoms with Crippen LogP contribution in [0, 0.1) is 5.92 Å². The second kappa shape index (κ2) is 8.72. The van der Waals surface area contributed by atoms with Gasteiger partial charge < -0.3 is 4.90 Å². The van der Waals surface area contributed by atoms with E-state index in [1.807, 2.05) is 0 Å². The molecular formula is C20H22Cl2N2O3S. The van der Waals surface area contributed by atoms with Crippen molar-refractivity contribution in [3.05, 3.63) is 58.6 Å². The van der Waals surface area contributed by atoms with Crippen LogP contribution in [0.1, 0.15) is 19.8 Å². The maximum atomic E-state index is 13.3. The Morgan fingerprint density at radius 1 is 1.18 bits per heavy atom. The number of amides is 1. The molecule has 1 heterocycles. The number of likely N-dealkylation sites (tertiary alicyclic amines) is 1. The fourth-order valence-corrected chi connectivity index (χ4v) is 5.36. The number of anilines is 1. The molecule has 1 aliphatic rings. The highest BCUT2D eigenvalue weighted by molar-refractivity contribution is 7.92. The summed E-state index contributed by atoms with van der Waals surface area (Å²) in [5.41, 5.74) is 0.230. The predicted octanol–water partition coefficient (Wildman–Crippen LogP) is 4.45. The average molecular weight is 441 g/mol. The molecule has 1 atom stereocenters. The van der Waals surface area contributed by atoms with Gasteiger partial charge in [0.1, 0.15) is 6.54 Å². The first kappa shape index (κ1) is 21.0. The van der Waals surface area contributed by atoms with E-state index < -0.39 is 10.0 Å². The van der Waals surface area contributed by atoms with Gasteiger partial charge in [0.25, 0.3) is 10.0 Å². The third kappa shape index (κ3) is 4.62. The lowest BCUT2D eigenvalue weighted by molar-refractivity contribution is -0.131. The molecule has 1 saturated heterocycles. The van der Waals surface area contributed by atoms with Crippen LogP contribution in [0.2, 0.25) is 10.0 Å². The van der Waals surface area contributed by atoms with Crippen LogP contribution in [0.15, 0.2) is 53.4 Å². The van der Waals surface area contributed by atoms with Crippen LogP contribution >= 0.6 is 23.2 Å². The van der Waals surface area contributed by atoms with Crippen molar-refractivity contribution in [1.29, 1.82) is 0 Å². The van der Waals surface area contributed by atoms with Gasteiger partial charge in [-0.25, -0.2) is 8.42 Å². The predicted molar refractivity (Wildman–Crippen MR) is 112 cm³/mol. The second-order valence-corrected chi connectivity index (χ2v) is 9.71. The zero-order valence-corrected chi connectivity index (χ0v) is 17.8. The zero-order valence-electron chi connectivity index (χ0n) is 15.5. The summed E-state index contributed by atoms with van der Waals surface area (Å²) < 4.78 is 27.7. The van der Waals surface area contributed by atoms with Gasteiger partial charge in [0.05, 0.1) is 15.6 Å². The molecule has 0 spiro atoms. The first-order valence-corrected chi connectivity index (χ1v) is 11.3. The maximum Gasteiger partial charge on any atom is 0.264 e. The van der Waals surface area contributed by atoms with E-state index in [0.29, 0.717) is 24.0 Å². The third-order valence-corrected chi connectivity index (χ3v) is 7.11. The number of hydrogen-bond donors (Lipinski definition) is 0. The number of carbonyl (C=O) groups is 1. The van der Waals surface area contributed by atoms with Crippen LogP contribution in [0.5, 0.6) is 0 Å². The lowest BCUT2D eigenvalue weighted by Gasteiger charge is -2.33. The van der Waals surface area contributed by atoms with Crippen molar-refractivity contribution < 1.29 is 13.2 Å². The summed E-state index contributed by atoms with van der Waals surface area (Å²) >= 11 is 12.3. The molecule has 1 aliphatic heterocycles. The van der Waals surface area contributed by atoms with Gasteiger partial charge in [0, 0.05) is 18.1 Å². The highest BCUT2D eigenvalue weighted by Crippen LogP contribution is 2.33. The van der Waals surface area contributed by atoms with Gasteiger partial charge in [-0.3, -0.25) is 9.10 Å². The summed E-state index contributed by atoms with van der Waals surface area (Å²) in [4.78, 5) is 14.8. The Kier molecular flexibility index (Phi) is 6.53. The lowest BCUT2D eigenvalue weighted by atomic mass is 10.0. The van der Waals surface area contributed by atoms with Gasteiger partial charge in [0.2, 0.25) is 5.91 Å². The highest BCUT2D eigenvalue weighted by atomic mass is 35.5. The van der Waals surface area contributed by atoms with Crippen molar-refractivity contribution in [3.63, 3.8) is 0 Å². The van der Waals surface area contributed by atoms with Gasteiger partial charge in [-0.05, 0) is 49.1 Å². The molecule has 2 aromatic carbocycles. The van der Waals surface area contributed by atoms with Crippen molar-refractivity contribution >= 4 is 44.8 Å². The number of rotatable bonds is 5. The Balaban J connectivity index is 1.98. The molecule has 150 valence electrons. The quantitative estimate of drug-likeness (QED) is 0.689. The number of nitrogens with zero attached hydrogens (tertiary/aromatic N) is 2. The average Bonchev–Trinajstić information content (AvgIpc) is 2.67. The Labute approximate surface area is 175 Å². The van der Waals surface area contributed by atoms with E-state index in [4.69, 9.17) is 23.2 Å². The van der Waals surface area contributed by atoms with E-state index in [1.54, 1.807) is 29.2 Å². The molecule has 1 amide bonds. The van der Waals surface area contributed by atoms with Crippen LogP contribution in [0.25, 0.3) is 0 Å². The van der Waals surface area contributed by atoms with Crippen LogP contribution in [-0.4, -0.2) is 38.9 Å². The van der Waals surface area contributed by atoms with Gasteiger partial charge in [-0.2, -0.15) is 0 Å². The minimum Gasteiger partial charge on any atom is -0.341 e. The van der Waals surface area contributed by atoms with Crippen molar-refractivity contribution in [2.45, 2.75) is 24.7 Å². The normalized spacial score (nSPS) is 17.4. The van der Waals surface area contributed by atoms with Crippen molar-refractivity contribution in [3.8, 4) is 0 Å². The SMILES string of the molecule is CC1CCCN(C(=O)CN(c2ccc(Cl)cc2Cl)S(=O)(=O)c2ccccc2)C1. The number of carbonyl (C=O) groups excluding carboxylic acids is 1. The van der Waals surface area contributed by atoms with E-state index in [0.717, 1.165) is 17.1 Å². The van der Waals surface area contributed by atoms with Gasteiger partial charge in [-0.15, -0.1) is 0 Å². The van der Waals surface area contributed by atoms with Crippen molar-refractivity contribution in [1.82, 2.24) is 4.90 Å². The summed E-state index contributed by atoms with van der Waals surface area (Å²) in [6.45, 7) is 3.04. The first-order valence-electron chi connectivity index (χ1n) is 9.09. The molecule has 0 aromatic heterocycles. The summed E-state index contributed by atoms with van der Waals surface area (Å²) in [5.74, 6) is 0.160. The molecule has 0 saturated carbocycles. The Morgan fingerprint density at radius 2 is 1.89 bits per heavy atom. The lowest BCUT2D eigenvalue weighted by Crippen LogP contribution is -2.46. The summed E-state index contributed by atoms with van der Waals surface area (Å²) in [7, 11) is -3.98. The summed E-state index contributed by atoms with van der Waals surface area (Å²) in [6, 6.07) is 12.6. The van der Waals surface area contributed by atoms with Gasteiger partial charge in [0.15, 0.2) is 0 Å². The minimum absolute atomic E-state index is 0.0980. The van der Waals surface area contributed by atoms with Gasteiger partial charge >= 0.3 is 0 Å². The fourth-order valence-electron chi connectivity index (χ4n) is 3.34. The molecule has 8 heteroatoms. The Morgan fingerprint density at radius 3 is 2.54 bits per heavy atom. The zero-order chi connectivity index (χ0) is 20.3. The minimum atomic E-state index is -3.98. The first-order chi connectivity index (χ1) is 13.3. The number of sulfonamides is 1. The molecule has 28 heavy (non-hydrogen) atoms. The number of hydrogen-bond acceptors (Lipinski definition) is 3. The molecule has 5 nitrogen and oxygen atoms in total. The van der Waals surface area contributed by atoms with Crippen LogP contribution < -0.4 is 4.31 Å². The van der Waals surface area contributed by atoms with Crippen molar-refractivity contribution in [2.24, 2.45) is 5.92 Å². The molecule has 0 aliphatic carbocycles. The van der Waals surface area contributed by atoms with E-state index in [1.165, 1.54) is 24.3 Å². The van der Waals surface area contributed by atoms with Crippen molar-refractivity contribution in [2.75, 3.05) is 23.9 Å². The molecule has 3 rings (SSSR count). The van der Waals surface area contributed by atoms with Crippen LogP contribution in [-0.2, 0) is 14.8 Å². The van der Waals surface area contributed by atoms with E-state index >= 15 is 0 Å². The van der Waals surface area contributed by atoms with E-state index in [9.17, 15) is 13.2 Å². The number of benzene rings is 2. The van der Waals surface area contributed by atoms with E-state index in [-0.39, 0.29) is 28.1 Å². The van der Waals surface area contributed by atoms with Gasteiger partial charge in [-0.1, -0.05) is 48.3 Å².